The second-order valence-electron chi connectivity index (χ2n) is 5.00. The molecule has 0 saturated carbocycles. The Morgan fingerprint density at radius 1 is 0.926 bits per heavy atom. The standard InChI is InChI=1S/C17H13N2O3.ClHO4/c20-19(21)17-10-9-16(22-17)15(18-11-5-2-6-12-18)13-14-7-3-1-4-8-14;2-1(3,4)5/h1-13H;(H,2,3,4,5)/q+1;/p-1/b15-13-;. The van der Waals surface area contributed by atoms with E-state index in [-0.39, 0.29) is 5.88 Å². The molecule has 0 bridgehead atoms. The van der Waals surface area contributed by atoms with Crippen LogP contribution in [-0.4, -0.2) is 4.92 Å². The first kappa shape index (κ1) is 20.2. The average molecular weight is 393 g/mol. The van der Waals surface area contributed by atoms with Crippen LogP contribution in [0, 0.1) is 20.4 Å². The van der Waals surface area contributed by atoms with Gasteiger partial charge in [0.15, 0.2) is 12.4 Å². The molecule has 0 aliphatic rings. The second-order valence-corrected chi connectivity index (χ2v) is 5.75. The van der Waals surface area contributed by atoms with Crippen LogP contribution in [0.25, 0.3) is 11.8 Å². The van der Waals surface area contributed by atoms with Gasteiger partial charge in [0.1, 0.15) is 4.92 Å². The summed E-state index contributed by atoms with van der Waals surface area (Å²) in [6.45, 7) is 0. The van der Waals surface area contributed by atoms with Gasteiger partial charge in [-0.2, -0.15) is 4.57 Å². The van der Waals surface area contributed by atoms with E-state index in [2.05, 4.69) is 0 Å². The summed E-state index contributed by atoms with van der Waals surface area (Å²) in [4.78, 5) is 10.3. The normalized spacial score (nSPS) is 11.5. The number of hydrogen-bond acceptors (Lipinski definition) is 7. The lowest BCUT2D eigenvalue weighted by Crippen LogP contribution is -2.68. The van der Waals surface area contributed by atoms with Gasteiger partial charge in [-0.15, -0.1) is 10.2 Å². The topological polar surface area (TPSA) is 152 Å². The van der Waals surface area contributed by atoms with E-state index in [0.29, 0.717) is 5.76 Å². The predicted octanol–water partition coefficient (Wildman–Crippen LogP) is -1.23. The third kappa shape index (κ3) is 6.98. The van der Waals surface area contributed by atoms with Crippen molar-refractivity contribution in [3.05, 3.63) is 94.5 Å². The molecule has 0 fully saturated rings. The molecule has 0 saturated heterocycles. The molecule has 0 unspecified atom stereocenters. The fourth-order valence-electron chi connectivity index (χ4n) is 2.10. The molecule has 27 heavy (non-hydrogen) atoms. The predicted molar refractivity (Wildman–Crippen MR) is 81.7 cm³/mol. The lowest BCUT2D eigenvalue weighted by atomic mass is 10.1. The van der Waals surface area contributed by atoms with E-state index in [1.165, 1.54) is 6.07 Å². The van der Waals surface area contributed by atoms with Gasteiger partial charge in [-0.25, -0.2) is 18.6 Å². The number of halogens is 1. The minimum absolute atomic E-state index is 0.273. The highest BCUT2D eigenvalue weighted by Crippen LogP contribution is 2.22. The van der Waals surface area contributed by atoms with Crippen molar-refractivity contribution < 1.29 is 42.8 Å². The molecule has 3 rings (SSSR count). The maximum Gasteiger partial charge on any atom is 0.433 e. The van der Waals surface area contributed by atoms with Crippen molar-refractivity contribution in [1.29, 1.82) is 0 Å². The zero-order chi connectivity index (χ0) is 19.9. The lowest BCUT2D eigenvalue weighted by Gasteiger charge is -2.17. The maximum absolute atomic E-state index is 10.8. The number of furan rings is 1. The summed E-state index contributed by atoms with van der Waals surface area (Å²) in [7, 11) is -4.94. The molecule has 0 aliphatic heterocycles. The van der Waals surface area contributed by atoms with Crippen LogP contribution in [0.3, 0.4) is 0 Å². The monoisotopic (exact) mass is 392 g/mol. The van der Waals surface area contributed by atoms with E-state index in [9.17, 15) is 10.1 Å². The number of nitrogens with zero attached hydrogens (tertiary/aromatic N) is 2. The zero-order valence-corrected chi connectivity index (χ0v) is 14.4. The minimum atomic E-state index is -4.94. The second kappa shape index (κ2) is 9.03. The number of nitro groups is 1. The number of rotatable bonds is 4. The summed E-state index contributed by atoms with van der Waals surface area (Å²) < 4.78 is 41.2. The molecule has 0 atom stereocenters. The van der Waals surface area contributed by atoms with Crippen LogP contribution in [0.15, 0.2) is 77.5 Å². The van der Waals surface area contributed by atoms with Gasteiger partial charge in [-0.05, 0) is 11.6 Å². The zero-order valence-electron chi connectivity index (χ0n) is 13.6. The van der Waals surface area contributed by atoms with Gasteiger partial charge >= 0.3 is 5.88 Å². The van der Waals surface area contributed by atoms with Gasteiger partial charge in [0.25, 0.3) is 5.70 Å². The van der Waals surface area contributed by atoms with Crippen molar-refractivity contribution in [2.24, 2.45) is 0 Å². The highest BCUT2D eigenvalue weighted by atomic mass is 35.7. The van der Waals surface area contributed by atoms with Gasteiger partial charge < -0.3 is 4.42 Å². The fourth-order valence-corrected chi connectivity index (χ4v) is 2.10. The Morgan fingerprint density at radius 3 is 2.00 bits per heavy atom. The van der Waals surface area contributed by atoms with Crippen molar-refractivity contribution in [2.75, 3.05) is 0 Å². The summed E-state index contributed by atoms with van der Waals surface area (Å²) in [6, 6.07) is 18.4. The Morgan fingerprint density at radius 2 is 1.48 bits per heavy atom. The Balaban J connectivity index is 0.000000465. The van der Waals surface area contributed by atoms with Crippen LogP contribution in [0.2, 0.25) is 0 Å². The summed E-state index contributed by atoms with van der Waals surface area (Å²) in [5.41, 5.74) is 1.70. The minimum Gasteiger partial charge on any atom is -0.394 e. The van der Waals surface area contributed by atoms with Gasteiger partial charge in [0, 0.05) is 18.2 Å². The average Bonchev–Trinajstić information content (AvgIpc) is 3.10. The van der Waals surface area contributed by atoms with Crippen molar-refractivity contribution >= 4 is 17.7 Å². The van der Waals surface area contributed by atoms with Crippen LogP contribution in [0.5, 0.6) is 0 Å². The highest BCUT2D eigenvalue weighted by Gasteiger charge is 2.21. The molecule has 0 aliphatic carbocycles. The Hall–Kier alpha value is -3.08. The van der Waals surface area contributed by atoms with E-state index in [1.807, 2.05) is 71.6 Å². The molecule has 2 heterocycles. The number of benzene rings is 1. The number of pyridine rings is 1. The van der Waals surface area contributed by atoms with Crippen LogP contribution in [-0.2, 0) is 0 Å². The summed E-state index contributed by atoms with van der Waals surface area (Å²) >= 11 is 0. The first-order chi connectivity index (χ1) is 12.7. The third-order valence-corrected chi connectivity index (χ3v) is 3.12. The van der Waals surface area contributed by atoms with Crippen LogP contribution < -0.4 is 23.2 Å². The van der Waals surface area contributed by atoms with Crippen LogP contribution in [0.1, 0.15) is 11.3 Å². The van der Waals surface area contributed by atoms with Gasteiger partial charge in [0.2, 0.25) is 5.76 Å². The first-order valence-electron chi connectivity index (χ1n) is 7.34. The van der Waals surface area contributed by atoms with Crippen molar-refractivity contribution in [2.45, 2.75) is 0 Å². The summed E-state index contributed by atoms with van der Waals surface area (Å²) in [5, 5.41) is 10.8. The molecule has 0 amide bonds. The first-order valence-corrected chi connectivity index (χ1v) is 8.57. The molecule has 1 aromatic carbocycles. The summed E-state index contributed by atoms with van der Waals surface area (Å²) in [6.07, 6.45) is 5.65. The molecule has 0 spiro atoms. The van der Waals surface area contributed by atoms with Crippen LogP contribution >= 0.6 is 0 Å². The Labute approximate surface area is 155 Å². The number of aromatic nitrogens is 1. The Bertz CT molecular complexity index is 900. The quantitative estimate of drug-likeness (QED) is 0.306. The molecular formula is C17H13ClN2O7. The van der Waals surface area contributed by atoms with Crippen LogP contribution in [0.4, 0.5) is 5.88 Å². The lowest BCUT2D eigenvalue weighted by molar-refractivity contribution is -2.00. The molecule has 9 nitrogen and oxygen atoms in total. The van der Waals surface area contributed by atoms with Gasteiger partial charge in [0.05, 0.1) is 6.07 Å². The van der Waals surface area contributed by atoms with E-state index >= 15 is 0 Å². The SMILES string of the molecule is O=[N+]([O-])c1ccc(/C(=C/c2ccccc2)[n+]2ccccc2)o1.[O-][Cl+3]([O-])([O-])[O-]. The fraction of sp³-hybridized carbons (Fsp3) is 0. The molecule has 2 aromatic heterocycles. The molecule has 140 valence electrons. The largest absolute Gasteiger partial charge is 0.433 e. The summed E-state index contributed by atoms with van der Waals surface area (Å²) in [5.74, 6) is 0.164. The molecule has 3 aromatic rings. The highest BCUT2D eigenvalue weighted by molar-refractivity contribution is 5.74. The van der Waals surface area contributed by atoms with E-state index in [4.69, 9.17) is 23.1 Å². The molecule has 10 heteroatoms. The van der Waals surface area contributed by atoms with E-state index in [0.717, 1.165) is 11.3 Å². The molecular weight excluding hydrogens is 380 g/mol. The van der Waals surface area contributed by atoms with Gasteiger partial charge in [-0.1, -0.05) is 36.4 Å². The third-order valence-electron chi connectivity index (χ3n) is 3.12. The van der Waals surface area contributed by atoms with E-state index < -0.39 is 15.2 Å². The van der Waals surface area contributed by atoms with E-state index in [1.54, 1.807) is 6.07 Å². The van der Waals surface area contributed by atoms with Crippen molar-refractivity contribution in [3.63, 3.8) is 0 Å². The number of hydrogen-bond donors (Lipinski definition) is 0. The molecule has 0 radical (unpaired) electrons. The Kier molecular flexibility index (Phi) is 6.77. The van der Waals surface area contributed by atoms with Crippen molar-refractivity contribution in [1.82, 2.24) is 0 Å². The smallest absolute Gasteiger partial charge is 0.394 e. The molecule has 0 N–H and O–H groups in total. The van der Waals surface area contributed by atoms with Crippen molar-refractivity contribution in [3.8, 4) is 0 Å². The van der Waals surface area contributed by atoms with Gasteiger partial charge in [-0.3, -0.25) is 10.1 Å². The maximum atomic E-state index is 10.8.